The molecule has 0 radical (unpaired) electrons. The summed E-state index contributed by atoms with van der Waals surface area (Å²) >= 11 is 5.90. The van der Waals surface area contributed by atoms with Gasteiger partial charge in [0.15, 0.2) is 0 Å². The first-order valence-corrected chi connectivity index (χ1v) is 5.67. The van der Waals surface area contributed by atoms with E-state index in [9.17, 15) is 0 Å². The summed E-state index contributed by atoms with van der Waals surface area (Å²) in [5.74, 6) is 0.967. The molecule has 0 spiro atoms. The maximum absolute atomic E-state index is 5.90. The molecule has 2 rings (SSSR count). The molecular formula is C12H16ClN. The van der Waals surface area contributed by atoms with Crippen LogP contribution in [0.25, 0.3) is 0 Å². The van der Waals surface area contributed by atoms with Gasteiger partial charge in [-0.3, -0.25) is 0 Å². The van der Waals surface area contributed by atoms with Gasteiger partial charge in [0.2, 0.25) is 0 Å². The quantitative estimate of drug-likeness (QED) is 0.736. The largest absolute Gasteiger partial charge is 0.316 e. The second kappa shape index (κ2) is 4.81. The standard InChI is InChI=1S/C12H16ClN/c13-12-3-1-2-10(8-12)6-7-14-9-11-4-5-11/h1-3,8,11,14H,4-7,9H2. The highest BCUT2D eigenvalue weighted by Crippen LogP contribution is 2.27. The molecule has 2 heteroatoms. The van der Waals surface area contributed by atoms with Crippen molar-refractivity contribution >= 4 is 11.6 Å². The minimum atomic E-state index is 0.838. The molecule has 0 aromatic heterocycles. The molecule has 14 heavy (non-hydrogen) atoms. The summed E-state index contributed by atoms with van der Waals surface area (Å²) in [5, 5.41) is 4.31. The second-order valence-electron chi connectivity index (χ2n) is 4.03. The second-order valence-corrected chi connectivity index (χ2v) is 4.46. The van der Waals surface area contributed by atoms with Crippen LogP contribution in [0.1, 0.15) is 18.4 Å². The van der Waals surface area contributed by atoms with E-state index in [2.05, 4.69) is 11.4 Å². The summed E-state index contributed by atoms with van der Waals surface area (Å²) in [7, 11) is 0. The molecule has 0 atom stereocenters. The number of hydrogen-bond acceptors (Lipinski definition) is 1. The lowest BCUT2D eigenvalue weighted by Gasteiger charge is -2.03. The summed E-state index contributed by atoms with van der Waals surface area (Å²) in [6.45, 7) is 2.26. The Kier molecular flexibility index (Phi) is 3.44. The molecule has 1 aromatic carbocycles. The van der Waals surface area contributed by atoms with E-state index >= 15 is 0 Å². The van der Waals surface area contributed by atoms with E-state index in [1.54, 1.807) is 0 Å². The molecule has 1 aromatic rings. The first-order valence-electron chi connectivity index (χ1n) is 5.30. The molecule has 76 valence electrons. The predicted molar refractivity (Wildman–Crippen MR) is 60.7 cm³/mol. The lowest BCUT2D eigenvalue weighted by atomic mass is 10.1. The Morgan fingerprint density at radius 3 is 2.93 bits per heavy atom. The van der Waals surface area contributed by atoms with Gasteiger partial charge < -0.3 is 5.32 Å². The van der Waals surface area contributed by atoms with Crippen molar-refractivity contribution in [3.8, 4) is 0 Å². The minimum absolute atomic E-state index is 0.838. The van der Waals surface area contributed by atoms with Gasteiger partial charge in [-0.15, -0.1) is 0 Å². The molecule has 1 aliphatic rings. The third kappa shape index (κ3) is 3.32. The van der Waals surface area contributed by atoms with Crippen LogP contribution in [0.2, 0.25) is 5.02 Å². The van der Waals surface area contributed by atoms with E-state index < -0.39 is 0 Å². The zero-order valence-electron chi connectivity index (χ0n) is 8.30. The van der Waals surface area contributed by atoms with Crippen molar-refractivity contribution in [2.75, 3.05) is 13.1 Å². The smallest absolute Gasteiger partial charge is 0.0408 e. The summed E-state index contributed by atoms with van der Waals surface area (Å²) < 4.78 is 0. The molecule has 1 N–H and O–H groups in total. The summed E-state index contributed by atoms with van der Waals surface area (Å²) in [6.07, 6.45) is 3.92. The summed E-state index contributed by atoms with van der Waals surface area (Å²) in [5.41, 5.74) is 1.32. The van der Waals surface area contributed by atoms with Crippen LogP contribution in [0.5, 0.6) is 0 Å². The Labute approximate surface area is 90.5 Å². The van der Waals surface area contributed by atoms with Gasteiger partial charge in [0.05, 0.1) is 0 Å². The number of nitrogens with one attached hydrogen (secondary N) is 1. The Balaban J connectivity index is 1.68. The lowest BCUT2D eigenvalue weighted by Crippen LogP contribution is -2.19. The monoisotopic (exact) mass is 209 g/mol. The first kappa shape index (κ1) is 10.0. The number of benzene rings is 1. The van der Waals surface area contributed by atoms with Gasteiger partial charge in [0.25, 0.3) is 0 Å². The fourth-order valence-electron chi connectivity index (χ4n) is 1.55. The normalized spacial score (nSPS) is 15.8. The maximum Gasteiger partial charge on any atom is 0.0408 e. The van der Waals surface area contributed by atoms with Crippen LogP contribution in [0, 0.1) is 5.92 Å². The van der Waals surface area contributed by atoms with Crippen molar-refractivity contribution in [1.82, 2.24) is 5.32 Å². The van der Waals surface area contributed by atoms with Gasteiger partial charge in [-0.05, 0) is 56.0 Å². The summed E-state index contributed by atoms with van der Waals surface area (Å²) in [6, 6.07) is 8.10. The van der Waals surface area contributed by atoms with Gasteiger partial charge in [-0.1, -0.05) is 23.7 Å². The number of hydrogen-bond donors (Lipinski definition) is 1. The van der Waals surface area contributed by atoms with E-state index in [4.69, 9.17) is 11.6 Å². The first-order chi connectivity index (χ1) is 6.84. The van der Waals surface area contributed by atoms with Gasteiger partial charge >= 0.3 is 0 Å². The van der Waals surface area contributed by atoms with Crippen molar-refractivity contribution in [3.05, 3.63) is 34.9 Å². The van der Waals surface area contributed by atoms with E-state index in [1.165, 1.54) is 24.9 Å². The van der Waals surface area contributed by atoms with Gasteiger partial charge in [0.1, 0.15) is 0 Å². The van der Waals surface area contributed by atoms with Crippen LogP contribution in [0.3, 0.4) is 0 Å². The van der Waals surface area contributed by atoms with Crippen molar-refractivity contribution in [2.24, 2.45) is 5.92 Å². The van der Waals surface area contributed by atoms with E-state index in [0.717, 1.165) is 23.9 Å². The minimum Gasteiger partial charge on any atom is -0.316 e. The van der Waals surface area contributed by atoms with Crippen molar-refractivity contribution in [3.63, 3.8) is 0 Å². The zero-order valence-corrected chi connectivity index (χ0v) is 9.06. The van der Waals surface area contributed by atoms with Crippen molar-refractivity contribution < 1.29 is 0 Å². The molecule has 1 fully saturated rings. The number of rotatable bonds is 5. The Hall–Kier alpha value is -0.530. The van der Waals surface area contributed by atoms with Gasteiger partial charge in [0, 0.05) is 5.02 Å². The highest BCUT2D eigenvalue weighted by Gasteiger charge is 2.19. The van der Waals surface area contributed by atoms with Gasteiger partial charge in [-0.25, -0.2) is 0 Å². The average Bonchev–Trinajstić information content (AvgIpc) is 2.96. The molecule has 0 aliphatic heterocycles. The molecule has 1 saturated carbocycles. The Morgan fingerprint density at radius 2 is 2.21 bits per heavy atom. The van der Waals surface area contributed by atoms with Crippen LogP contribution in [-0.4, -0.2) is 13.1 Å². The molecule has 0 amide bonds. The highest BCUT2D eigenvalue weighted by molar-refractivity contribution is 6.30. The fourth-order valence-corrected chi connectivity index (χ4v) is 1.77. The van der Waals surface area contributed by atoms with Crippen molar-refractivity contribution in [2.45, 2.75) is 19.3 Å². The van der Waals surface area contributed by atoms with E-state index in [1.807, 2.05) is 18.2 Å². The van der Waals surface area contributed by atoms with Crippen molar-refractivity contribution in [1.29, 1.82) is 0 Å². The maximum atomic E-state index is 5.90. The highest BCUT2D eigenvalue weighted by atomic mass is 35.5. The zero-order chi connectivity index (χ0) is 9.80. The van der Waals surface area contributed by atoms with Crippen LogP contribution in [0.4, 0.5) is 0 Å². The molecular weight excluding hydrogens is 194 g/mol. The van der Waals surface area contributed by atoms with Crippen LogP contribution in [-0.2, 0) is 6.42 Å². The molecule has 0 bridgehead atoms. The molecule has 0 unspecified atom stereocenters. The molecule has 0 heterocycles. The van der Waals surface area contributed by atoms with E-state index in [0.29, 0.717) is 0 Å². The molecule has 0 saturated heterocycles. The third-order valence-electron chi connectivity index (χ3n) is 2.61. The Bertz CT molecular complexity index is 294. The SMILES string of the molecule is Clc1cccc(CCNCC2CC2)c1. The summed E-state index contributed by atoms with van der Waals surface area (Å²) in [4.78, 5) is 0. The fraction of sp³-hybridized carbons (Fsp3) is 0.500. The Morgan fingerprint density at radius 1 is 1.36 bits per heavy atom. The van der Waals surface area contributed by atoms with Crippen LogP contribution >= 0.6 is 11.6 Å². The topological polar surface area (TPSA) is 12.0 Å². The molecule has 1 nitrogen and oxygen atoms in total. The number of halogens is 1. The van der Waals surface area contributed by atoms with E-state index in [-0.39, 0.29) is 0 Å². The third-order valence-corrected chi connectivity index (χ3v) is 2.84. The van der Waals surface area contributed by atoms with Crippen LogP contribution < -0.4 is 5.32 Å². The lowest BCUT2D eigenvalue weighted by molar-refractivity contribution is 0.637. The predicted octanol–water partition coefficient (Wildman–Crippen LogP) is 2.88. The van der Waals surface area contributed by atoms with Crippen LogP contribution in [0.15, 0.2) is 24.3 Å². The van der Waals surface area contributed by atoms with Gasteiger partial charge in [-0.2, -0.15) is 0 Å². The average molecular weight is 210 g/mol. The molecule has 1 aliphatic carbocycles.